The number of benzene rings is 1. The van der Waals surface area contributed by atoms with Crippen molar-refractivity contribution in [2.24, 2.45) is 0 Å². The summed E-state index contributed by atoms with van der Waals surface area (Å²) in [5.74, 6) is 1.81. The molecule has 6 heteroatoms. The summed E-state index contributed by atoms with van der Waals surface area (Å²) in [4.78, 5) is 7.29. The summed E-state index contributed by atoms with van der Waals surface area (Å²) in [6.07, 6.45) is 6.28. The zero-order valence-electron chi connectivity index (χ0n) is 14.1. The van der Waals surface area contributed by atoms with Gasteiger partial charge in [0.25, 0.3) is 0 Å². The van der Waals surface area contributed by atoms with Gasteiger partial charge in [0.05, 0.1) is 6.20 Å². The van der Waals surface area contributed by atoms with E-state index in [4.69, 9.17) is 9.72 Å². The fourth-order valence-corrected chi connectivity index (χ4v) is 3.82. The molecule has 4 heterocycles. The van der Waals surface area contributed by atoms with Crippen molar-refractivity contribution in [3.8, 4) is 16.9 Å². The maximum atomic E-state index is 6.12. The van der Waals surface area contributed by atoms with Crippen molar-refractivity contribution in [2.75, 3.05) is 31.6 Å². The Labute approximate surface area is 146 Å². The molecule has 0 unspecified atom stereocenters. The van der Waals surface area contributed by atoms with E-state index in [2.05, 4.69) is 27.4 Å². The van der Waals surface area contributed by atoms with Crippen LogP contribution in [0.3, 0.4) is 0 Å². The molecule has 0 radical (unpaired) electrons. The minimum Gasteiger partial charge on any atom is -0.492 e. The van der Waals surface area contributed by atoms with Crippen molar-refractivity contribution in [3.63, 3.8) is 0 Å². The Balaban J connectivity index is 1.59. The van der Waals surface area contributed by atoms with Crippen molar-refractivity contribution in [2.45, 2.75) is 18.9 Å². The summed E-state index contributed by atoms with van der Waals surface area (Å²) in [7, 11) is 0. The zero-order chi connectivity index (χ0) is 16.6. The van der Waals surface area contributed by atoms with Crippen LogP contribution in [0.15, 0.2) is 42.7 Å². The van der Waals surface area contributed by atoms with E-state index in [-0.39, 0.29) is 0 Å². The second kappa shape index (κ2) is 6.04. The normalized spacial score (nSPS) is 20.7. The molecule has 3 aromatic rings. The third kappa shape index (κ3) is 2.72. The van der Waals surface area contributed by atoms with Gasteiger partial charge in [-0.15, -0.1) is 0 Å². The van der Waals surface area contributed by atoms with Crippen LogP contribution in [-0.4, -0.2) is 51.8 Å². The Morgan fingerprint density at radius 2 is 2.20 bits per heavy atom. The molecule has 0 aliphatic carbocycles. The molecule has 1 N–H and O–H groups in total. The first-order chi connectivity index (χ1) is 12.4. The van der Waals surface area contributed by atoms with E-state index in [1.807, 2.05) is 35.1 Å². The first-order valence-electron chi connectivity index (χ1n) is 8.92. The molecule has 0 spiro atoms. The second-order valence-electron chi connectivity index (χ2n) is 6.74. The molecule has 1 saturated heterocycles. The minimum atomic E-state index is 0.496. The van der Waals surface area contributed by atoms with Crippen molar-refractivity contribution >= 4 is 11.5 Å². The highest BCUT2D eigenvalue weighted by molar-refractivity contribution is 5.78. The monoisotopic (exact) mass is 335 g/mol. The van der Waals surface area contributed by atoms with E-state index >= 15 is 0 Å². The summed E-state index contributed by atoms with van der Waals surface area (Å²) in [6.45, 7) is 3.78. The van der Waals surface area contributed by atoms with Crippen LogP contribution in [0.4, 0.5) is 5.82 Å². The van der Waals surface area contributed by atoms with Gasteiger partial charge in [0.15, 0.2) is 5.65 Å². The number of aromatic nitrogens is 3. The lowest BCUT2D eigenvalue weighted by Gasteiger charge is -2.25. The van der Waals surface area contributed by atoms with Gasteiger partial charge in [-0.2, -0.15) is 5.10 Å². The molecule has 2 aliphatic rings. The van der Waals surface area contributed by atoms with Crippen LogP contribution < -0.4 is 10.1 Å². The lowest BCUT2D eigenvalue weighted by atomic mass is 10.1. The summed E-state index contributed by atoms with van der Waals surface area (Å²) in [5, 5.41) is 7.89. The van der Waals surface area contributed by atoms with E-state index in [0.29, 0.717) is 6.04 Å². The van der Waals surface area contributed by atoms with Gasteiger partial charge in [-0.1, -0.05) is 12.1 Å². The number of hydrogen-bond donors (Lipinski definition) is 1. The Bertz CT molecular complexity index is 906. The highest BCUT2D eigenvalue weighted by Gasteiger charge is 2.24. The van der Waals surface area contributed by atoms with Gasteiger partial charge < -0.3 is 10.1 Å². The molecule has 2 aromatic heterocycles. The molecule has 6 nitrogen and oxygen atoms in total. The van der Waals surface area contributed by atoms with Crippen LogP contribution in [-0.2, 0) is 0 Å². The number of fused-ring (bicyclic) bond motifs is 5. The quantitative estimate of drug-likeness (QED) is 0.684. The van der Waals surface area contributed by atoms with E-state index in [9.17, 15) is 0 Å². The zero-order valence-corrected chi connectivity index (χ0v) is 14.1. The number of nitrogens with one attached hydrogen (secondary N) is 1. The van der Waals surface area contributed by atoms with E-state index in [1.54, 1.807) is 0 Å². The maximum Gasteiger partial charge on any atom is 0.165 e. The molecule has 2 aliphatic heterocycles. The van der Waals surface area contributed by atoms with Gasteiger partial charge in [0, 0.05) is 30.9 Å². The molecule has 128 valence electrons. The van der Waals surface area contributed by atoms with E-state index in [1.165, 1.54) is 12.8 Å². The van der Waals surface area contributed by atoms with Crippen LogP contribution in [0.25, 0.3) is 16.8 Å². The first-order valence-corrected chi connectivity index (χ1v) is 8.92. The largest absolute Gasteiger partial charge is 0.492 e. The average molecular weight is 335 g/mol. The average Bonchev–Trinajstić information content (AvgIpc) is 3.26. The molecule has 5 rings (SSSR count). The van der Waals surface area contributed by atoms with Gasteiger partial charge in [-0.25, -0.2) is 9.50 Å². The fraction of sp³-hybridized carbons (Fsp3) is 0.368. The number of hydrogen-bond acceptors (Lipinski definition) is 5. The highest BCUT2D eigenvalue weighted by atomic mass is 16.5. The number of rotatable bonds is 0. The number of nitrogens with zero attached hydrogens (tertiary/aromatic N) is 4. The number of ether oxygens (including phenoxy) is 1. The molecule has 1 fully saturated rings. The van der Waals surface area contributed by atoms with E-state index < -0.39 is 0 Å². The molecule has 0 amide bonds. The smallest absolute Gasteiger partial charge is 0.165 e. The molecule has 1 atom stereocenters. The standard InChI is InChI=1S/C19H21N5O/c1-3-14-11-16(5-1)25-13-15-4-2-8-23(15)10-7-20-18-6-9-24-19(22-18)17(14)12-21-24/h1,3,5-6,9,11-12,15H,2,4,7-8,10,13H2,(H,20,22)/t15-/m0/s1. The third-order valence-electron chi connectivity index (χ3n) is 5.16. The third-order valence-corrected chi connectivity index (χ3v) is 5.16. The van der Waals surface area contributed by atoms with Crippen LogP contribution in [0.1, 0.15) is 12.8 Å². The van der Waals surface area contributed by atoms with Crippen molar-refractivity contribution in [1.82, 2.24) is 19.5 Å². The lowest BCUT2D eigenvalue weighted by Crippen LogP contribution is -2.37. The summed E-state index contributed by atoms with van der Waals surface area (Å²) in [6, 6.07) is 10.7. The Morgan fingerprint density at radius 1 is 1.20 bits per heavy atom. The Hall–Kier alpha value is -2.60. The van der Waals surface area contributed by atoms with Gasteiger partial charge in [-0.3, -0.25) is 4.90 Å². The summed E-state index contributed by atoms with van der Waals surface area (Å²) < 4.78 is 7.94. The lowest BCUT2D eigenvalue weighted by molar-refractivity contribution is 0.177. The topological polar surface area (TPSA) is 54.7 Å². The highest BCUT2D eigenvalue weighted by Crippen LogP contribution is 2.28. The van der Waals surface area contributed by atoms with Crippen LogP contribution in [0, 0.1) is 0 Å². The minimum absolute atomic E-state index is 0.496. The fourth-order valence-electron chi connectivity index (χ4n) is 3.82. The molecule has 0 saturated carbocycles. The van der Waals surface area contributed by atoms with Crippen LogP contribution in [0.2, 0.25) is 0 Å². The van der Waals surface area contributed by atoms with Gasteiger partial charge in [-0.05, 0) is 43.1 Å². The second-order valence-corrected chi connectivity index (χ2v) is 6.74. The number of anilines is 1. The first kappa shape index (κ1) is 14.7. The molecular weight excluding hydrogens is 314 g/mol. The van der Waals surface area contributed by atoms with Crippen LogP contribution in [0.5, 0.6) is 5.75 Å². The van der Waals surface area contributed by atoms with Gasteiger partial charge >= 0.3 is 0 Å². The summed E-state index contributed by atoms with van der Waals surface area (Å²) >= 11 is 0. The molecule has 25 heavy (non-hydrogen) atoms. The van der Waals surface area contributed by atoms with Crippen molar-refractivity contribution in [1.29, 1.82) is 0 Å². The predicted molar refractivity (Wildman–Crippen MR) is 97.0 cm³/mol. The van der Waals surface area contributed by atoms with Crippen molar-refractivity contribution in [3.05, 3.63) is 42.7 Å². The SMILES string of the molecule is c1cc2cc(c1)-c1cnn3ccc(nc13)NCCN1CCC[C@H]1CO2. The summed E-state index contributed by atoms with van der Waals surface area (Å²) in [5.41, 5.74) is 2.96. The Morgan fingerprint density at radius 3 is 3.20 bits per heavy atom. The molecule has 4 bridgehead atoms. The van der Waals surface area contributed by atoms with Crippen LogP contribution >= 0.6 is 0 Å². The van der Waals surface area contributed by atoms with Gasteiger partial charge in [0.1, 0.15) is 18.2 Å². The maximum absolute atomic E-state index is 6.12. The predicted octanol–water partition coefficient (Wildman–Crippen LogP) is 2.67. The van der Waals surface area contributed by atoms with Crippen molar-refractivity contribution < 1.29 is 4.74 Å². The Kier molecular flexibility index (Phi) is 3.56. The molecule has 1 aromatic carbocycles. The molecular formula is C19H21N5O. The van der Waals surface area contributed by atoms with E-state index in [0.717, 1.165) is 54.6 Å². The van der Waals surface area contributed by atoms with Gasteiger partial charge in [0.2, 0.25) is 0 Å².